The number of hydrogen-bond donors (Lipinski definition) is 0. The third-order valence-corrected chi connectivity index (χ3v) is 4.43. The first-order chi connectivity index (χ1) is 10.1. The number of nitrogens with zero attached hydrogens (tertiary/aromatic N) is 3. The first-order valence-corrected chi connectivity index (χ1v) is 7.83. The van der Waals surface area contributed by atoms with Gasteiger partial charge in [0.25, 0.3) is 0 Å². The monoisotopic (exact) mass is 301 g/mol. The summed E-state index contributed by atoms with van der Waals surface area (Å²) in [5, 5.41) is 0.526. The number of hydrogen-bond acceptors (Lipinski definition) is 3. The van der Waals surface area contributed by atoms with Crippen molar-refractivity contribution in [3.63, 3.8) is 0 Å². The lowest BCUT2D eigenvalue weighted by Gasteiger charge is -2.33. The summed E-state index contributed by atoms with van der Waals surface area (Å²) in [5.41, 5.74) is 2.89. The van der Waals surface area contributed by atoms with Gasteiger partial charge in [0.2, 0.25) is 0 Å². The molecule has 1 aliphatic rings. The van der Waals surface area contributed by atoms with Crippen LogP contribution in [0.15, 0.2) is 30.3 Å². The fourth-order valence-corrected chi connectivity index (χ4v) is 3.36. The molecule has 3 rings (SSSR count). The largest absolute Gasteiger partial charge is 0.356 e. The van der Waals surface area contributed by atoms with Crippen molar-refractivity contribution in [1.29, 1.82) is 0 Å². The van der Waals surface area contributed by atoms with Gasteiger partial charge in [-0.2, -0.15) is 0 Å². The van der Waals surface area contributed by atoms with E-state index in [1.165, 1.54) is 11.1 Å². The second kappa shape index (κ2) is 6.02. The first kappa shape index (κ1) is 14.3. The molecule has 1 saturated heterocycles. The average molecular weight is 302 g/mol. The molecule has 0 amide bonds. The van der Waals surface area contributed by atoms with Crippen LogP contribution >= 0.6 is 11.6 Å². The Labute approximate surface area is 131 Å². The molecule has 3 nitrogen and oxygen atoms in total. The van der Waals surface area contributed by atoms with Crippen molar-refractivity contribution < 1.29 is 0 Å². The smallest absolute Gasteiger partial charge is 0.134 e. The highest BCUT2D eigenvalue weighted by Crippen LogP contribution is 2.31. The summed E-state index contributed by atoms with van der Waals surface area (Å²) in [6.45, 7) is 6.13. The second-order valence-corrected chi connectivity index (χ2v) is 6.10. The van der Waals surface area contributed by atoms with E-state index in [-0.39, 0.29) is 0 Å². The number of aryl methyl sites for hydroxylation is 2. The van der Waals surface area contributed by atoms with Gasteiger partial charge in [0.15, 0.2) is 0 Å². The van der Waals surface area contributed by atoms with Gasteiger partial charge in [-0.3, -0.25) is 0 Å². The molecule has 0 aliphatic carbocycles. The predicted molar refractivity (Wildman–Crippen MR) is 87.1 cm³/mol. The fourth-order valence-electron chi connectivity index (χ4n) is 3.14. The van der Waals surface area contributed by atoms with Crippen molar-refractivity contribution in [2.45, 2.75) is 32.6 Å². The van der Waals surface area contributed by atoms with Gasteiger partial charge in [-0.1, -0.05) is 35.9 Å². The lowest BCUT2D eigenvalue weighted by atomic mass is 9.87. The number of anilines is 1. The fraction of sp³-hybridized carbons (Fsp3) is 0.412. The molecule has 0 bridgehead atoms. The van der Waals surface area contributed by atoms with Crippen LogP contribution in [0, 0.1) is 13.8 Å². The summed E-state index contributed by atoms with van der Waals surface area (Å²) in [6.07, 6.45) is 2.32. The molecule has 1 fully saturated rings. The summed E-state index contributed by atoms with van der Waals surface area (Å²) in [4.78, 5) is 10.9. The Balaban J connectivity index is 1.72. The zero-order chi connectivity index (χ0) is 14.8. The topological polar surface area (TPSA) is 29.0 Å². The molecule has 2 heterocycles. The lowest BCUT2D eigenvalue weighted by Crippen LogP contribution is -2.33. The van der Waals surface area contributed by atoms with E-state index in [1.807, 2.05) is 13.0 Å². The molecule has 0 radical (unpaired) electrons. The van der Waals surface area contributed by atoms with Crippen LogP contribution in [0.5, 0.6) is 0 Å². The number of benzene rings is 1. The van der Waals surface area contributed by atoms with Crippen molar-refractivity contribution in [1.82, 2.24) is 9.97 Å². The van der Waals surface area contributed by atoms with Crippen LogP contribution in [0.4, 0.5) is 5.82 Å². The molecular formula is C17H20ClN3. The third-order valence-electron chi connectivity index (χ3n) is 4.24. The van der Waals surface area contributed by atoms with Crippen LogP contribution in [-0.4, -0.2) is 23.1 Å². The summed E-state index contributed by atoms with van der Waals surface area (Å²) in [7, 11) is 0. The Kier molecular flexibility index (Phi) is 4.11. The van der Waals surface area contributed by atoms with E-state index in [4.69, 9.17) is 11.6 Å². The Morgan fingerprint density at radius 2 is 1.81 bits per heavy atom. The molecule has 21 heavy (non-hydrogen) atoms. The highest BCUT2D eigenvalue weighted by atomic mass is 35.5. The molecule has 2 aromatic rings. The second-order valence-electron chi connectivity index (χ2n) is 5.71. The van der Waals surface area contributed by atoms with Gasteiger partial charge in [-0.05, 0) is 43.7 Å². The van der Waals surface area contributed by atoms with Crippen LogP contribution in [-0.2, 0) is 0 Å². The van der Waals surface area contributed by atoms with Crippen molar-refractivity contribution in [3.8, 4) is 0 Å². The minimum Gasteiger partial charge on any atom is -0.356 e. The van der Waals surface area contributed by atoms with Gasteiger partial charge >= 0.3 is 0 Å². The van der Waals surface area contributed by atoms with E-state index in [2.05, 4.69) is 46.1 Å². The number of piperidine rings is 1. The minimum absolute atomic E-state index is 0.526. The van der Waals surface area contributed by atoms with Gasteiger partial charge < -0.3 is 4.90 Å². The Morgan fingerprint density at radius 1 is 1.10 bits per heavy atom. The molecule has 1 aromatic carbocycles. The van der Waals surface area contributed by atoms with Crippen LogP contribution in [0.3, 0.4) is 0 Å². The summed E-state index contributed by atoms with van der Waals surface area (Å²) >= 11 is 6.04. The summed E-state index contributed by atoms with van der Waals surface area (Å²) < 4.78 is 0. The number of aromatic nitrogens is 2. The SMILES string of the molecule is Cc1nc(Cl)cc(N2CCC(c3ccccc3C)CC2)n1. The van der Waals surface area contributed by atoms with Gasteiger partial charge in [0.1, 0.15) is 16.8 Å². The van der Waals surface area contributed by atoms with Crippen molar-refractivity contribution >= 4 is 17.4 Å². The van der Waals surface area contributed by atoms with E-state index in [0.717, 1.165) is 37.6 Å². The van der Waals surface area contributed by atoms with E-state index in [9.17, 15) is 0 Å². The zero-order valence-corrected chi connectivity index (χ0v) is 13.3. The standard InChI is InChI=1S/C17H20ClN3/c1-12-5-3-4-6-15(12)14-7-9-21(10-8-14)17-11-16(18)19-13(2)20-17/h3-6,11,14H,7-10H2,1-2H3. The molecule has 0 atom stereocenters. The molecule has 0 spiro atoms. The number of halogens is 1. The molecule has 1 aromatic heterocycles. The third kappa shape index (κ3) is 3.18. The summed E-state index contributed by atoms with van der Waals surface area (Å²) in [5.74, 6) is 2.34. The Hall–Kier alpha value is -1.61. The van der Waals surface area contributed by atoms with E-state index in [1.54, 1.807) is 0 Å². The molecule has 0 unspecified atom stereocenters. The molecule has 110 valence electrons. The van der Waals surface area contributed by atoms with E-state index >= 15 is 0 Å². The van der Waals surface area contributed by atoms with Crippen LogP contribution in [0.1, 0.15) is 35.7 Å². The maximum atomic E-state index is 6.04. The normalized spacial score (nSPS) is 16.2. The molecule has 0 N–H and O–H groups in total. The van der Waals surface area contributed by atoms with Crippen LogP contribution < -0.4 is 4.90 Å². The first-order valence-electron chi connectivity index (χ1n) is 7.45. The van der Waals surface area contributed by atoms with Gasteiger partial charge in [-0.25, -0.2) is 9.97 Å². The van der Waals surface area contributed by atoms with Gasteiger partial charge in [-0.15, -0.1) is 0 Å². The predicted octanol–water partition coefficient (Wildman–Crippen LogP) is 4.13. The van der Waals surface area contributed by atoms with Crippen LogP contribution in [0.25, 0.3) is 0 Å². The Morgan fingerprint density at radius 3 is 2.48 bits per heavy atom. The van der Waals surface area contributed by atoms with Crippen molar-refractivity contribution in [2.75, 3.05) is 18.0 Å². The molecule has 0 saturated carbocycles. The van der Waals surface area contributed by atoms with Gasteiger partial charge in [0.05, 0.1) is 0 Å². The van der Waals surface area contributed by atoms with Crippen LogP contribution in [0.2, 0.25) is 5.15 Å². The molecular weight excluding hydrogens is 282 g/mol. The van der Waals surface area contributed by atoms with Crippen molar-refractivity contribution in [2.24, 2.45) is 0 Å². The maximum absolute atomic E-state index is 6.04. The van der Waals surface area contributed by atoms with Gasteiger partial charge in [0, 0.05) is 19.2 Å². The van der Waals surface area contributed by atoms with E-state index in [0.29, 0.717) is 11.1 Å². The zero-order valence-electron chi connectivity index (χ0n) is 12.5. The van der Waals surface area contributed by atoms with E-state index < -0.39 is 0 Å². The number of rotatable bonds is 2. The summed E-state index contributed by atoms with van der Waals surface area (Å²) in [6, 6.07) is 10.6. The van der Waals surface area contributed by atoms with Crippen molar-refractivity contribution in [3.05, 3.63) is 52.4 Å². The average Bonchev–Trinajstić information content (AvgIpc) is 2.47. The maximum Gasteiger partial charge on any atom is 0.134 e. The molecule has 4 heteroatoms. The minimum atomic E-state index is 0.526. The molecule has 1 aliphatic heterocycles. The highest BCUT2D eigenvalue weighted by Gasteiger charge is 2.22. The Bertz CT molecular complexity index is 613. The quantitative estimate of drug-likeness (QED) is 0.781. The lowest BCUT2D eigenvalue weighted by molar-refractivity contribution is 0.500. The highest BCUT2D eigenvalue weighted by molar-refractivity contribution is 6.29.